The average molecular weight is 276 g/mol. The summed E-state index contributed by atoms with van der Waals surface area (Å²) in [6, 6.07) is 10.5. The molecule has 1 heterocycles. The molecule has 2 rings (SSSR count). The van der Waals surface area contributed by atoms with Crippen molar-refractivity contribution in [1.82, 2.24) is 10.3 Å². The molecule has 4 heteroatoms. The number of hydrogen-bond acceptors (Lipinski definition) is 3. The van der Waals surface area contributed by atoms with Gasteiger partial charge < -0.3 is 5.32 Å². The molecule has 0 unspecified atom stereocenters. The molecule has 100 valence electrons. The van der Waals surface area contributed by atoms with Crippen LogP contribution in [0.15, 0.2) is 52.5 Å². The molecule has 2 aromatic rings. The highest BCUT2D eigenvalue weighted by Gasteiger charge is 2.00. The van der Waals surface area contributed by atoms with Gasteiger partial charge in [-0.2, -0.15) is 0 Å². The van der Waals surface area contributed by atoms with Crippen LogP contribution >= 0.6 is 11.8 Å². The maximum atomic E-state index is 12.8. The maximum absolute atomic E-state index is 12.8. The first-order valence-electron chi connectivity index (χ1n) is 6.37. The number of nitrogens with one attached hydrogen (secondary N) is 1. The number of benzene rings is 1. The van der Waals surface area contributed by atoms with Crippen molar-refractivity contribution in [3.05, 3.63) is 54.0 Å². The van der Waals surface area contributed by atoms with Crippen LogP contribution in [0.4, 0.5) is 4.39 Å². The zero-order valence-corrected chi connectivity index (χ0v) is 11.7. The van der Waals surface area contributed by atoms with Gasteiger partial charge in [-0.15, -0.1) is 0 Å². The van der Waals surface area contributed by atoms with Gasteiger partial charge in [-0.3, -0.25) is 0 Å². The molecular formula is C15H17FN2S. The Kier molecular flexibility index (Phi) is 5.36. The van der Waals surface area contributed by atoms with Crippen molar-refractivity contribution in [1.29, 1.82) is 0 Å². The summed E-state index contributed by atoms with van der Waals surface area (Å²) in [5.41, 5.74) is 1.18. The second kappa shape index (κ2) is 7.26. The first-order chi connectivity index (χ1) is 9.28. The molecule has 0 radical (unpaired) electrons. The van der Waals surface area contributed by atoms with Crippen molar-refractivity contribution in [2.24, 2.45) is 0 Å². The van der Waals surface area contributed by atoms with Gasteiger partial charge in [0.15, 0.2) is 0 Å². The molecule has 0 aliphatic heterocycles. The fourth-order valence-electron chi connectivity index (χ4n) is 1.61. The standard InChI is InChI=1S/C15H17FN2S/c1-2-9-17-10-12-3-8-15(18-11-12)19-14-6-4-13(16)5-7-14/h3-8,11,17H,2,9-10H2,1H3. The highest BCUT2D eigenvalue weighted by molar-refractivity contribution is 7.99. The topological polar surface area (TPSA) is 24.9 Å². The summed E-state index contributed by atoms with van der Waals surface area (Å²) in [6.45, 7) is 4.02. The van der Waals surface area contributed by atoms with Crippen molar-refractivity contribution in [2.45, 2.75) is 29.8 Å². The monoisotopic (exact) mass is 276 g/mol. The Labute approximate surface area is 117 Å². The number of aromatic nitrogens is 1. The fourth-order valence-corrected chi connectivity index (χ4v) is 2.36. The molecule has 0 aliphatic rings. The number of pyridine rings is 1. The Bertz CT molecular complexity index is 497. The van der Waals surface area contributed by atoms with Crippen LogP contribution in [0.25, 0.3) is 0 Å². The van der Waals surface area contributed by atoms with E-state index in [1.807, 2.05) is 12.3 Å². The third-order valence-electron chi connectivity index (χ3n) is 2.59. The lowest BCUT2D eigenvalue weighted by Crippen LogP contribution is -2.13. The van der Waals surface area contributed by atoms with Crippen LogP contribution in [0.1, 0.15) is 18.9 Å². The molecule has 0 atom stereocenters. The van der Waals surface area contributed by atoms with Gasteiger partial charge in [0.05, 0.1) is 0 Å². The molecule has 0 amide bonds. The van der Waals surface area contributed by atoms with Gasteiger partial charge in [-0.05, 0) is 48.9 Å². The van der Waals surface area contributed by atoms with Crippen molar-refractivity contribution in [3.63, 3.8) is 0 Å². The normalized spacial score (nSPS) is 10.6. The van der Waals surface area contributed by atoms with Crippen molar-refractivity contribution >= 4 is 11.8 Å². The van der Waals surface area contributed by atoms with Gasteiger partial charge in [-0.1, -0.05) is 24.8 Å². The van der Waals surface area contributed by atoms with Gasteiger partial charge in [0, 0.05) is 17.6 Å². The van der Waals surface area contributed by atoms with E-state index in [9.17, 15) is 4.39 Å². The lowest BCUT2D eigenvalue weighted by Gasteiger charge is -2.04. The Morgan fingerprint density at radius 1 is 1.16 bits per heavy atom. The lowest BCUT2D eigenvalue weighted by molar-refractivity contribution is 0.626. The number of hydrogen-bond donors (Lipinski definition) is 1. The third-order valence-corrected chi connectivity index (χ3v) is 3.55. The SMILES string of the molecule is CCCNCc1ccc(Sc2ccc(F)cc2)nc1. The Balaban J connectivity index is 1.92. The number of halogens is 1. The Morgan fingerprint density at radius 3 is 2.58 bits per heavy atom. The van der Waals surface area contributed by atoms with Crippen LogP contribution in [-0.2, 0) is 6.54 Å². The number of rotatable bonds is 6. The first-order valence-corrected chi connectivity index (χ1v) is 7.18. The predicted octanol–water partition coefficient (Wildman–Crippen LogP) is 3.87. The van der Waals surface area contributed by atoms with Crippen LogP contribution < -0.4 is 5.32 Å². The molecule has 0 aliphatic carbocycles. The highest BCUT2D eigenvalue weighted by Crippen LogP contribution is 2.25. The van der Waals surface area contributed by atoms with E-state index in [0.717, 1.165) is 29.4 Å². The van der Waals surface area contributed by atoms with Crippen molar-refractivity contribution < 1.29 is 4.39 Å². The van der Waals surface area contributed by atoms with Crippen LogP contribution in [0.3, 0.4) is 0 Å². The molecule has 0 bridgehead atoms. The molecule has 19 heavy (non-hydrogen) atoms. The van der Waals surface area contributed by atoms with Gasteiger partial charge in [0.1, 0.15) is 10.8 Å². The van der Waals surface area contributed by atoms with E-state index in [2.05, 4.69) is 23.3 Å². The van der Waals surface area contributed by atoms with Gasteiger partial charge in [-0.25, -0.2) is 9.37 Å². The minimum Gasteiger partial charge on any atom is -0.313 e. The van der Waals surface area contributed by atoms with Gasteiger partial charge >= 0.3 is 0 Å². The molecule has 1 N–H and O–H groups in total. The van der Waals surface area contributed by atoms with E-state index in [4.69, 9.17) is 0 Å². The summed E-state index contributed by atoms with van der Waals surface area (Å²) in [5, 5.41) is 4.26. The highest BCUT2D eigenvalue weighted by atomic mass is 32.2. The second-order valence-electron chi connectivity index (χ2n) is 4.24. The van der Waals surface area contributed by atoms with E-state index in [-0.39, 0.29) is 5.82 Å². The smallest absolute Gasteiger partial charge is 0.123 e. The number of nitrogens with zero attached hydrogens (tertiary/aromatic N) is 1. The Morgan fingerprint density at radius 2 is 1.95 bits per heavy atom. The van der Waals surface area contributed by atoms with E-state index < -0.39 is 0 Å². The van der Waals surface area contributed by atoms with Crippen molar-refractivity contribution in [3.8, 4) is 0 Å². The molecule has 0 saturated heterocycles. The zero-order valence-electron chi connectivity index (χ0n) is 10.9. The maximum Gasteiger partial charge on any atom is 0.123 e. The van der Waals surface area contributed by atoms with E-state index in [1.165, 1.54) is 29.5 Å². The molecule has 1 aromatic heterocycles. The van der Waals surface area contributed by atoms with Gasteiger partial charge in [0.2, 0.25) is 0 Å². The molecule has 0 fully saturated rings. The Hall–Kier alpha value is -1.39. The van der Waals surface area contributed by atoms with Crippen LogP contribution in [0.5, 0.6) is 0 Å². The predicted molar refractivity (Wildman–Crippen MR) is 76.8 cm³/mol. The average Bonchev–Trinajstić information content (AvgIpc) is 2.44. The fraction of sp³-hybridized carbons (Fsp3) is 0.267. The first kappa shape index (κ1) is 14.0. The molecule has 1 aromatic carbocycles. The summed E-state index contributed by atoms with van der Waals surface area (Å²) >= 11 is 1.54. The van der Waals surface area contributed by atoms with Crippen molar-refractivity contribution in [2.75, 3.05) is 6.54 Å². The second-order valence-corrected chi connectivity index (χ2v) is 5.33. The van der Waals surface area contributed by atoms with Crippen LogP contribution in [-0.4, -0.2) is 11.5 Å². The van der Waals surface area contributed by atoms with Crippen LogP contribution in [0.2, 0.25) is 0 Å². The summed E-state index contributed by atoms with van der Waals surface area (Å²) in [4.78, 5) is 5.40. The molecular weight excluding hydrogens is 259 g/mol. The lowest BCUT2D eigenvalue weighted by atomic mass is 10.3. The minimum atomic E-state index is -0.213. The summed E-state index contributed by atoms with van der Waals surface area (Å²) < 4.78 is 12.8. The summed E-state index contributed by atoms with van der Waals surface area (Å²) in [7, 11) is 0. The van der Waals surface area contributed by atoms with Crippen LogP contribution in [0, 0.1) is 5.82 Å². The van der Waals surface area contributed by atoms with E-state index >= 15 is 0 Å². The quantitative estimate of drug-likeness (QED) is 0.811. The van der Waals surface area contributed by atoms with Gasteiger partial charge in [0.25, 0.3) is 0 Å². The summed E-state index contributed by atoms with van der Waals surface area (Å²) in [6.07, 6.45) is 3.01. The summed E-state index contributed by atoms with van der Waals surface area (Å²) in [5.74, 6) is -0.213. The zero-order chi connectivity index (χ0) is 13.5. The minimum absolute atomic E-state index is 0.213. The van der Waals surface area contributed by atoms with E-state index in [1.54, 1.807) is 12.1 Å². The molecule has 0 spiro atoms. The van der Waals surface area contributed by atoms with E-state index in [0.29, 0.717) is 0 Å². The largest absolute Gasteiger partial charge is 0.313 e. The molecule has 2 nitrogen and oxygen atoms in total. The molecule has 0 saturated carbocycles. The third kappa shape index (κ3) is 4.65.